The van der Waals surface area contributed by atoms with Crippen LogP contribution in [0.2, 0.25) is 0 Å². The predicted octanol–water partition coefficient (Wildman–Crippen LogP) is 2.98. The van der Waals surface area contributed by atoms with Gasteiger partial charge in [0.15, 0.2) is 11.6 Å². The average molecular weight is 358 g/mol. The second kappa shape index (κ2) is 6.91. The third-order valence-electron chi connectivity index (χ3n) is 2.82. The van der Waals surface area contributed by atoms with Crippen LogP contribution in [0.4, 0.5) is 8.78 Å². The summed E-state index contributed by atoms with van der Waals surface area (Å²) in [5.74, 6) is -1.78. The molecule has 0 spiro atoms. The van der Waals surface area contributed by atoms with Crippen LogP contribution in [0.3, 0.4) is 0 Å². The van der Waals surface area contributed by atoms with Crippen LogP contribution in [-0.2, 0) is 6.54 Å². The number of rotatable bonds is 5. The largest absolute Gasteiger partial charge is 0.311 e. The molecule has 2 N–H and O–H groups in total. The van der Waals surface area contributed by atoms with Crippen LogP contribution in [0.5, 0.6) is 0 Å². The summed E-state index contributed by atoms with van der Waals surface area (Å²) >= 11 is 2.99. The van der Waals surface area contributed by atoms with E-state index >= 15 is 0 Å². The van der Waals surface area contributed by atoms with Crippen molar-refractivity contribution in [3.63, 3.8) is 0 Å². The van der Waals surface area contributed by atoms with Crippen molar-refractivity contribution in [1.82, 2.24) is 15.3 Å². The Kier molecular flexibility index (Phi) is 5.19. The Hall–Kier alpha value is -1.60. The first-order valence-corrected chi connectivity index (χ1v) is 7.27. The minimum absolute atomic E-state index is 0.0654. The van der Waals surface area contributed by atoms with Crippen molar-refractivity contribution in [2.45, 2.75) is 19.9 Å². The highest BCUT2D eigenvalue weighted by Gasteiger charge is 2.14. The first kappa shape index (κ1) is 15.8. The molecule has 2 aromatic rings. The van der Waals surface area contributed by atoms with Crippen molar-refractivity contribution in [3.05, 3.63) is 50.4 Å². The summed E-state index contributed by atoms with van der Waals surface area (Å²) in [4.78, 5) is 18.5. The first-order valence-electron chi connectivity index (χ1n) is 6.47. The molecule has 0 saturated heterocycles. The van der Waals surface area contributed by atoms with Gasteiger partial charge < -0.3 is 10.3 Å². The van der Waals surface area contributed by atoms with Gasteiger partial charge in [-0.25, -0.2) is 13.8 Å². The Balaban J connectivity index is 2.40. The number of H-pyrrole nitrogens is 1. The molecule has 0 fully saturated rings. The normalized spacial score (nSPS) is 10.9. The second-order valence-electron chi connectivity index (χ2n) is 4.49. The van der Waals surface area contributed by atoms with Crippen molar-refractivity contribution in [3.8, 4) is 11.4 Å². The van der Waals surface area contributed by atoms with Crippen molar-refractivity contribution in [2.24, 2.45) is 0 Å². The maximum atomic E-state index is 13.6. The fraction of sp³-hybridized carbons (Fsp3) is 0.286. The lowest BCUT2D eigenvalue weighted by atomic mass is 10.2. The van der Waals surface area contributed by atoms with Crippen LogP contribution in [0.1, 0.15) is 19.0 Å². The second-order valence-corrected chi connectivity index (χ2v) is 5.28. The Labute approximate surface area is 128 Å². The van der Waals surface area contributed by atoms with Gasteiger partial charge >= 0.3 is 0 Å². The van der Waals surface area contributed by atoms with Gasteiger partial charge in [-0.15, -0.1) is 0 Å². The highest BCUT2D eigenvalue weighted by molar-refractivity contribution is 9.10. The maximum Gasteiger partial charge on any atom is 0.251 e. The number of hydrogen-bond donors (Lipinski definition) is 2. The van der Waals surface area contributed by atoms with E-state index < -0.39 is 11.6 Å². The lowest BCUT2D eigenvalue weighted by Crippen LogP contribution is -2.18. The van der Waals surface area contributed by atoms with Crippen LogP contribution in [0.15, 0.2) is 27.5 Å². The smallest absolute Gasteiger partial charge is 0.251 e. The number of halogens is 3. The zero-order valence-electron chi connectivity index (χ0n) is 11.3. The molecule has 0 atom stereocenters. The summed E-state index contributed by atoms with van der Waals surface area (Å²) in [7, 11) is 0. The number of nitrogens with zero attached hydrogens (tertiary/aromatic N) is 1. The molecule has 7 heteroatoms. The third-order valence-corrected chi connectivity index (χ3v) is 3.59. The lowest BCUT2D eigenvalue weighted by Gasteiger charge is -2.08. The molecule has 0 aliphatic carbocycles. The van der Waals surface area contributed by atoms with Gasteiger partial charge in [0.2, 0.25) is 0 Å². The number of hydrogen-bond acceptors (Lipinski definition) is 3. The predicted molar refractivity (Wildman–Crippen MR) is 79.9 cm³/mol. The molecule has 0 radical (unpaired) electrons. The van der Waals surface area contributed by atoms with Crippen LogP contribution in [0.25, 0.3) is 11.4 Å². The average Bonchev–Trinajstić information content (AvgIpc) is 2.44. The minimum atomic E-state index is -1.01. The number of aromatic nitrogens is 2. The van der Waals surface area contributed by atoms with E-state index in [4.69, 9.17) is 0 Å². The quantitative estimate of drug-likeness (QED) is 0.638. The van der Waals surface area contributed by atoms with Gasteiger partial charge in [-0.2, -0.15) is 0 Å². The van der Waals surface area contributed by atoms with E-state index in [-0.39, 0.29) is 15.9 Å². The fourth-order valence-electron chi connectivity index (χ4n) is 1.83. The van der Waals surface area contributed by atoms with E-state index in [2.05, 4.69) is 31.2 Å². The van der Waals surface area contributed by atoms with Crippen LogP contribution >= 0.6 is 15.9 Å². The zero-order chi connectivity index (χ0) is 15.4. The van der Waals surface area contributed by atoms with Crippen molar-refractivity contribution in [2.75, 3.05) is 6.54 Å². The van der Waals surface area contributed by atoms with E-state index in [1.807, 2.05) is 6.92 Å². The summed E-state index contributed by atoms with van der Waals surface area (Å²) < 4.78 is 26.6. The van der Waals surface area contributed by atoms with Gasteiger partial charge in [0.1, 0.15) is 5.82 Å². The Bertz CT molecular complexity index is 703. The number of benzene rings is 1. The molecule has 0 saturated carbocycles. The van der Waals surface area contributed by atoms with E-state index in [9.17, 15) is 13.6 Å². The Morgan fingerprint density at radius 2 is 2.14 bits per heavy atom. The van der Waals surface area contributed by atoms with Crippen LogP contribution in [-0.4, -0.2) is 16.5 Å². The molecule has 1 aromatic heterocycles. The molecule has 21 heavy (non-hydrogen) atoms. The van der Waals surface area contributed by atoms with Crippen molar-refractivity contribution in [1.29, 1.82) is 0 Å². The molecule has 0 unspecified atom stereocenters. The van der Waals surface area contributed by atoms with E-state index in [0.717, 1.165) is 19.0 Å². The molecule has 1 aromatic carbocycles. The summed E-state index contributed by atoms with van der Waals surface area (Å²) in [5, 5.41) is 3.13. The number of aromatic amines is 1. The number of nitrogens with one attached hydrogen (secondary N) is 2. The minimum Gasteiger partial charge on any atom is -0.311 e. The van der Waals surface area contributed by atoms with E-state index in [0.29, 0.717) is 17.8 Å². The van der Waals surface area contributed by atoms with Crippen LogP contribution in [0, 0.1) is 11.6 Å². The van der Waals surface area contributed by atoms with E-state index in [1.165, 1.54) is 12.1 Å². The monoisotopic (exact) mass is 357 g/mol. The molecule has 1 heterocycles. The molecular formula is C14H14BrF2N3O. The van der Waals surface area contributed by atoms with Gasteiger partial charge in [-0.3, -0.25) is 4.79 Å². The van der Waals surface area contributed by atoms with Crippen molar-refractivity contribution >= 4 is 15.9 Å². The lowest BCUT2D eigenvalue weighted by molar-refractivity contribution is 0.504. The summed E-state index contributed by atoms with van der Waals surface area (Å²) in [6, 6.07) is 3.74. The molecular weight excluding hydrogens is 344 g/mol. The SMILES string of the molecule is CCCNCc1cc(=O)[nH]c(-c2ccc(F)c(F)c2Br)n1. The highest BCUT2D eigenvalue weighted by Crippen LogP contribution is 2.29. The first-order chi connectivity index (χ1) is 10.0. The van der Waals surface area contributed by atoms with Gasteiger partial charge in [0, 0.05) is 18.2 Å². The topological polar surface area (TPSA) is 57.8 Å². The molecule has 112 valence electrons. The van der Waals surface area contributed by atoms with Gasteiger partial charge in [-0.05, 0) is 41.0 Å². The maximum absolute atomic E-state index is 13.6. The summed E-state index contributed by atoms with van der Waals surface area (Å²) in [5.41, 5.74) is 0.493. The summed E-state index contributed by atoms with van der Waals surface area (Å²) in [6.45, 7) is 3.27. The van der Waals surface area contributed by atoms with Gasteiger partial charge in [0.05, 0.1) is 10.2 Å². The van der Waals surface area contributed by atoms with Gasteiger partial charge in [0.25, 0.3) is 5.56 Å². The molecule has 2 rings (SSSR count). The molecule has 0 aliphatic heterocycles. The molecule has 4 nitrogen and oxygen atoms in total. The van der Waals surface area contributed by atoms with Crippen molar-refractivity contribution < 1.29 is 8.78 Å². The highest BCUT2D eigenvalue weighted by atomic mass is 79.9. The Morgan fingerprint density at radius 3 is 2.86 bits per heavy atom. The summed E-state index contributed by atoms with van der Waals surface area (Å²) in [6.07, 6.45) is 0.963. The zero-order valence-corrected chi connectivity index (χ0v) is 12.9. The van der Waals surface area contributed by atoms with Crippen LogP contribution < -0.4 is 10.9 Å². The molecule has 0 amide bonds. The standard InChI is InChI=1S/C14H14BrF2N3O/c1-2-5-18-7-8-6-11(21)20-14(19-8)9-3-4-10(16)13(17)12(9)15/h3-4,6,18H,2,5,7H2,1H3,(H,19,20,21). The van der Waals surface area contributed by atoms with Gasteiger partial charge in [-0.1, -0.05) is 6.92 Å². The molecule has 0 aliphatic rings. The van der Waals surface area contributed by atoms with E-state index in [1.54, 1.807) is 0 Å². The third kappa shape index (κ3) is 3.74. The fourth-order valence-corrected chi connectivity index (χ4v) is 2.34. The Morgan fingerprint density at radius 1 is 1.38 bits per heavy atom. The molecule has 0 bridgehead atoms.